The topological polar surface area (TPSA) is 83.1 Å². The number of hydrogen-bond donors (Lipinski definition) is 3. The van der Waals surface area contributed by atoms with Crippen molar-refractivity contribution in [2.75, 3.05) is 23.7 Å². The van der Waals surface area contributed by atoms with Gasteiger partial charge in [-0.25, -0.2) is 4.98 Å². The lowest BCUT2D eigenvalue weighted by atomic mass is 10.1. The number of anilines is 2. The van der Waals surface area contributed by atoms with Crippen LogP contribution in [0.5, 0.6) is 0 Å². The first-order valence-electron chi connectivity index (χ1n) is 9.07. The normalized spacial score (nSPS) is 10.7. The molecule has 6 nitrogen and oxygen atoms in total. The van der Waals surface area contributed by atoms with Gasteiger partial charge in [0.1, 0.15) is 0 Å². The van der Waals surface area contributed by atoms with Crippen LogP contribution in [-0.2, 0) is 9.59 Å². The van der Waals surface area contributed by atoms with E-state index in [9.17, 15) is 9.59 Å². The number of amides is 2. The zero-order valence-electron chi connectivity index (χ0n) is 16.5. The molecule has 2 amide bonds. The molecule has 28 heavy (non-hydrogen) atoms. The van der Waals surface area contributed by atoms with Crippen LogP contribution >= 0.6 is 11.3 Å². The summed E-state index contributed by atoms with van der Waals surface area (Å²) in [5, 5.41) is 9.61. The molecule has 0 aliphatic heterocycles. The summed E-state index contributed by atoms with van der Waals surface area (Å²) in [6, 6.07) is 9.84. The van der Waals surface area contributed by atoms with Gasteiger partial charge in [-0.2, -0.15) is 0 Å². The van der Waals surface area contributed by atoms with E-state index in [1.54, 1.807) is 11.3 Å². The van der Waals surface area contributed by atoms with Crippen LogP contribution in [0.2, 0.25) is 0 Å². The van der Waals surface area contributed by atoms with Crippen molar-refractivity contribution in [2.24, 2.45) is 0 Å². The number of fused-ring (bicyclic) bond motifs is 1. The molecule has 3 aromatic rings. The van der Waals surface area contributed by atoms with Crippen molar-refractivity contribution >= 4 is 44.7 Å². The van der Waals surface area contributed by atoms with Crippen LogP contribution in [0.4, 0.5) is 11.4 Å². The highest BCUT2D eigenvalue weighted by atomic mass is 32.1. The van der Waals surface area contributed by atoms with Crippen molar-refractivity contribution in [1.29, 1.82) is 0 Å². The van der Waals surface area contributed by atoms with Crippen molar-refractivity contribution in [1.82, 2.24) is 10.3 Å². The van der Waals surface area contributed by atoms with Crippen LogP contribution in [0.25, 0.3) is 10.2 Å². The SMILES string of the molecule is Cc1cc(C)c(NC(=O)CNC(=O)CNc2ccc3nc(C)sc3c2)c(C)c1. The fourth-order valence-electron chi connectivity index (χ4n) is 3.13. The highest BCUT2D eigenvalue weighted by molar-refractivity contribution is 7.18. The van der Waals surface area contributed by atoms with Crippen molar-refractivity contribution < 1.29 is 9.59 Å². The first-order chi connectivity index (χ1) is 13.3. The van der Waals surface area contributed by atoms with Crippen LogP contribution in [0, 0.1) is 27.7 Å². The number of thiazole rings is 1. The zero-order valence-corrected chi connectivity index (χ0v) is 17.3. The van der Waals surface area contributed by atoms with Crippen LogP contribution in [0.3, 0.4) is 0 Å². The molecule has 0 radical (unpaired) electrons. The molecular formula is C21H24N4O2S. The van der Waals surface area contributed by atoms with Gasteiger partial charge in [0, 0.05) is 11.4 Å². The fourth-order valence-corrected chi connectivity index (χ4v) is 4.00. The van der Waals surface area contributed by atoms with Gasteiger partial charge < -0.3 is 16.0 Å². The standard InChI is InChI=1S/C21H24N4O2S/c1-12-7-13(2)21(14(3)8-12)25-20(27)11-23-19(26)10-22-16-5-6-17-18(9-16)28-15(4)24-17/h5-9,22H,10-11H2,1-4H3,(H,23,26)(H,25,27). The Bertz CT molecular complexity index is 1020. The Hall–Kier alpha value is -2.93. The van der Waals surface area contributed by atoms with Gasteiger partial charge in [-0.1, -0.05) is 17.7 Å². The lowest BCUT2D eigenvalue weighted by molar-refractivity contribution is -0.122. The second kappa shape index (κ2) is 8.39. The minimum atomic E-state index is -0.245. The predicted octanol–water partition coefficient (Wildman–Crippen LogP) is 3.70. The Morgan fingerprint density at radius 2 is 1.68 bits per heavy atom. The summed E-state index contributed by atoms with van der Waals surface area (Å²) in [5.74, 6) is -0.488. The second-order valence-corrected chi connectivity index (χ2v) is 8.10. The van der Waals surface area contributed by atoms with Crippen molar-refractivity contribution in [3.63, 3.8) is 0 Å². The highest BCUT2D eigenvalue weighted by Crippen LogP contribution is 2.24. The zero-order chi connectivity index (χ0) is 20.3. The van der Waals surface area contributed by atoms with E-state index in [2.05, 4.69) is 20.9 Å². The number of carbonyl (C=O) groups excluding carboxylic acids is 2. The lowest BCUT2D eigenvalue weighted by Gasteiger charge is -2.13. The molecule has 0 aliphatic rings. The van der Waals surface area contributed by atoms with Crippen LogP contribution in [0.1, 0.15) is 21.7 Å². The molecule has 7 heteroatoms. The van der Waals surface area contributed by atoms with E-state index in [1.165, 1.54) is 0 Å². The Balaban J connectivity index is 1.49. The van der Waals surface area contributed by atoms with Gasteiger partial charge in [0.05, 0.1) is 28.3 Å². The average molecular weight is 397 g/mol. The van der Waals surface area contributed by atoms with E-state index in [-0.39, 0.29) is 24.9 Å². The quantitative estimate of drug-likeness (QED) is 0.593. The average Bonchev–Trinajstić information content (AvgIpc) is 3.00. The Labute approximate surface area is 168 Å². The molecule has 0 bridgehead atoms. The van der Waals surface area contributed by atoms with Crippen molar-refractivity contribution in [2.45, 2.75) is 27.7 Å². The number of nitrogens with zero attached hydrogens (tertiary/aromatic N) is 1. The first kappa shape index (κ1) is 19.8. The molecule has 0 spiro atoms. The molecule has 0 saturated heterocycles. The van der Waals surface area contributed by atoms with Gasteiger partial charge >= 0.3 is 0 Å². The molecule has 0 atom stereocenters. The number of benzene rings is 2. The highest BCUT2D eigenvalue weighted by Gasteiger charge is 2.10. The van der Waals surface area contributed by atoms with Gasteiger partial charge in [0.15, 0.2) is 0 Å². The number of carbonyl (C=O) groups is 2. The van der Waals surface area contributed by atoms with Crippen LogP contribution in [-0.4, -0.2) is 29.9 Å². The van der Waals surface area contributed by atoms with E-state index < -0.39 is 0 Å². The number of hydrogen-bond acceptors (Lipinski definition) is 5. The largest absolute Gasteiger partial charge is 0.376 e. The van der Waals surface area contributed by atoms with E-state index in [4.69, 9.17) is 0 Å². The Kier molecular flexibility index (Phi) is 5.94. The third kappa shape index (κ3) is 4.86. The molecule has 0 saturated carbocycles. The minimum absolute atomic E-state index is 0.0691. The summed E-state index contributed by atoms with van der Waals surface area (Å²) < 4.78 is 1.08. The monoisotopic (exact) mass is 396 g/mol. The molecule has 0 unspecified atom stereocenters. The summed E-state index contributed by atoms with van der Waals surface area (Å²) in [5.41, 5.74) is 5.77. The molecule has 0 fully saturated rings. The summed E-state index contributed by atoms with van der Waals surface area (Å²) in [6.07, 6.45) is 0. The summed E-state index contributed by atoms with van der Waals surface area (Å²) in [4.78, 5) is 28.7. The van der Waals surface area contributed by atoms with Crippen molar-refractivity contribution in [3.8, 4) is 0 Å². The van der Waals surface area contributed by atoms with Gasteiger partial charge in [0.25, 0.3) is 0 Å². The molecule has 0 aliphatic carbocycles. The fraction of sp³-hybridized carbons (Fsp3) is 0.286. The van der Waals surface area contributed by atoms with Gasteiger partial charge in [-0.15, -0.1) is 11.3 Å². The smallest absolute Gasteiger partial charge is 0.243 e. The maximum Gasteiger partial charge on any atom is 0.243 e. The Morgan fingerprint density at radius 1 is 0.964 bits per heavy atom. The Morgan fingerprint density at radius 3 is 2.39 bits per heavy atom. The number of nitrogens with one attached hydrogen (secondary N) is 3. The van der Waals surface area contributed by atoms with Crippen LogP contribution < -0.4 is 16.0 Å². The molecule has 1 aromatic heterocycles. The van der Waals surface area contributed by atoms with Crippen LogP contribution in [0.15, 0.2) is 30.3 Å². The molecule has 3 N–H and O–H groups in total. The molecule has 146 valence electrons. The van der Waals surface area contributed by atoms with Gasteiger partial charge in [-0.3, -0.25) is 9.59 Å². The lowest BCUT2D eigenvalue weighted by Crippen LogP contribution is -2.36. The maximum atomic E-state index is 12.2. The first-order valence-corrected chi connectivity index (χ1v) is 9.89. The second-order valence-electron chi connectivity index (χ2n) is 6.87. The number of aromatic nitrogens is 1. The minimum Gasteiger partial charge on any atom is -0.376 e. The van der Waals surface area contributed by atoms with E-state index in [1.807, 2.05) is 58.0 Å². The molecule has 1 heterocycles. The third-order valence-electron chi connectivity index (χ3n) is 4.34. The summed E-state index contributed by atoms with van der Waals surface area (Å²) in [7, 11) is 0. The van der Waals surface area contributed by atoms with E-state index in [0.717, 1.165) is 43.3 Å². The predicted molar refractivity (Wildman–Crippen MR) is 115 cm³/mol. The maximum absolute atomic E-state index is 12.2. The number of rotatable bonds is 6. The van der Waals surface area contributed by atoms with E-state index in [0.29, 0.717) is 0 Å². The van der Waals surface area contributed by atoms with E-state index >= 15 is 0 Å². The summed E-state index contributed by atoms with van der Waals surface area (Å²) >= 11 is 1.61. The third-order valence-corrected chi connectivity index (χ3v) is 5.27. The number of aryl methyl sites for hydroxylation is 4. The molecular weight excluding hydrogens is 372 g/mol. The van der Waals surface area contributed by atoms with Gasteiger partial charge in [-0.05, 0) is 57.0 Å². The van der Waals surface area contributed by atoms with Gasteiger partial charge in [0.2, 0.25) is 11.8 Å². The van der Waals surface area contributed by atoms with Crippen molar-refractivity contribution in [3.05, 3.63) is 52.0 Å². The molecule has 3 rings (SSSR count). The molecule has 2 aromatic carbocycles. The summed E-state index contributed by atoms with van der Waals surface area (Å²) in [6.45, 7) is 7.93.